The molecule has 3 nitrogen and oxygen atoms in total. The first-order chi connectivity index (χ1) is 9.15. The minimum Gasteiger partial charge on any atom is -0.384 e. The lowest BCUT2D eigenvalue weighted by Crippen LogP contribution is -2.33. The molecule has 1 aromatic carbocycles. The van der Waals surface area contributed by atoms with Crippen LogP contribution in [-0.4, -0.2) is 38.3 Å². The van der Waals surface area contributed by atoms with Crippen molar-refractivity contribution in [1.29, 1.82) is 0 Å². The number of nitrogens with two attached hydrogens (primary N) is 1. The normalized spacial score (nSPS) is 21.8. The van der Waals surface area contributed by atoms with Crippen LogP contribution in [-0.2, 0) is 4.74 Å². The van der Waals surface area contributed by atoms with E-state index in [1.54, 1.807) is 7.11 Å². The van der Waals surface area contributed by atoms with E-state index < -0.39 is 0 Å². The first-order valence-corrected chi connectivity index (χ1v) is 7.16. The van der Waals surface area contributed by atoms with Crippen LogP contribution in [0.3, 0.4) is 0 Å². The maximum absolute atomic E-state index is 6.04. The number of methoxy groups -OCH3 is 1. The second-order valence-electron chi connectivity index (χ2n) is 5.72. The van der Waals surface area contributed by atoms with E-state index >= 15 is 0 Å². The molecule has 0 spiro atoms. The Labute approximate surface area is 116 Å². The van der Waals surface area contributed by atoms with Crippen molar-refractivity contribution < 1.29 is 4.74 Å². The van der Waals surface area contributed by atoms with E-state index in [0.29, 0.717) is 18.5 Å². The molecule has 0 radical (unpaired) electrons. The summed E-state index contributed by atoms with van der Waals surface area (Å²) < 4.78 is 5.27. The molecule has 3 heteroatoms. The molecule has 2 unspecified atom stereocenters. The lowest BCUT2D eigenvalue weighted by Gasteiger charge is -2.28. The van der Waals surface area contributed by atoms with E-state index in [0.717, 1.165) is 19.7 Å². The zero-order valence-corrected chi connectivity index (χ0v) is 12.4. The minimum absolute atomic E-state index is 0.349. The Bertz CT molecular complexity index is 419. The monoisotopic (exact) mass is 262 g/mol. The molecule has 1 aliphatic heterocycles. The summed E-state index contributed by atoms with van der Waals surface area (Å²) in [6.45, 7) is 8.10. The third kappa shape index (κ3) is 3.35. The Morgan fingerprint density at radius 2 is 2.21 bits per heavy atom. The molecule has 1 aliphatic rings. The fourth-order valence-corrected chi connectivity index (χ4v) is 3.19. The summed E-state index contributed by atoms with van der Waals surface area (Å²) in [5.41, 5.74) is 10.1. The molecule has 0 aromatic heterocycles. The van der Waals surface area contributed by atoms with Crippen LogP contribution in [0.1, 0.15) is 29.2 Å². The maximum Gasteiger partial charge on any atom is 0.0503 e. The average Bonchev–Trinajstić information content (AvgIpc) is 2.82. The van der Waals surface area contributed by atoms with Crippen molar-refractivity contribution >= 4 is 0 Å². The highest BCUT2D eigenvalue weighted by atomic mass is 16.5. The van der Waals surface area contributed by atoms with Crippen molar-refractivity contribution in [3.63, 3.8) is 0 Å². The van der Waals surface area contributed by atoms with Gasteiger partial charge < -0.3 is 10.5 Å². The van der Waals surface area contributed by atoms with E-state index in [2.05, 4.69) is 36.9 Å². The van der Waals surface area contributed by atoms with Gasteiger partial charge in [-0.25, -0.2) is 0 Å². The largest absolute Gasteiger partial charge is 0.384 e. The number of rotatable bonds is 5. The SMILES string of the molecule is COCC1CCN(C(CN)c2ccc(C)cc2C)C1. The van der Waals surface area contributed by atoms with Crippen molar-refractivity contribution in [1.82, 2.24) is 4.90 Å². The molecule has 19 heavy (non-hydrogen) atoms. The van der Waals surface area contributed by atoms with Crippen molar-refractivity contribution in [2.75, 3.05) is 33.4 Å². The Kier molecular flexibility index (Phi) is 4.97. The van der Waals surface area contributed by atoms with Gasteiger partial charge in [0.25, 0.3) is 0 Å². The number of aryl methyl sites for hydroxylation is 2. The second kappa shape index (κ2) is 6.51. The third-order valence-electron chi connectivity index (χ3n) is 4.17. The van der Waals surface area contributed by atoms with Gasteiger partial charge in [-0.15, -0.1) is 0 Å². The molecule has 1 fully saturated rings. The molecule has 2 N–H and O–H groups in total. The van der Waals surface area contributed by atoms with Crippen LogP contribution in [0, 0.1) is 19.8 Å². The highest BCUT2D eigenvalue weighted by Crippen LogP contribution is 2.29. The number of nitrogens with zero attached hydrogens (tertiary/aromatic N) is 1. The fourth-order valence-electron chi connectivity index (χ4n) is 3.19. The second-order valence-corrected chi connectivity index (χ2v) is 5.72. The Morgan fingerprint density at radius 3 is 2.84 bits per heavy atom. The number of likely N-dealkylation sites (tertiary alicyclic amines) is 1. The number of hydrogen-bond acceptors (Lipinski definition) is 3. The molecular weight excluding hydrogens is 236 g/mol. The minimum atomic E-state index is 0.349. The first-order valence-electron chi connectivity index (χ1n) is 7.16. The molecular formula is C16H26N2O. The van der Waals surface area contributed by atoms with Crippen molar-refractivity contribution in [3.05, 3.63) is 34.9 Å². The van der Waals surface area contributed by atoms with Crippen LogP contribution in [0.5, 0.6) is 0 Å². The first kappa shape index (κ1) is 14.5. The summed E-state index contributed by atoms with van der Waals surface area (Å²) in [6, 6.07) is 7.03. The molecule has 2 atom stereocenters. The van der Waals surface area contributed by atoms with Crippen LogP contribution in [0.15, 0.2) is 18.2 Å². The van der Waals surface area contributed by atoms with E-state index in [1.165, 1.54) is 23.1 Å². The molecule has 0 bridgehead atoms. The van der Waals surface area contributed by atoms with Crippen molar-refractivity contribution in [2.45, 2.75) is 26.3 Å². The fraction of sp³-hybridized carbons (Fsp3) is 0.625. The highest BCUT2D eigenvalue weighted by molar-refractivity contribution is 5.33. The van der Waals surface area contributed by atoms with E-state index in [9.17, 15) is 0 Å². The lowest BCUT2D eigenvalue weighted by molar-refractivity contribution is 0.147. The molecule has 0 aliphatic carbocycles. The van der Waals surface area contributed by atoms with Gasteiger partial charge in [0.2, 0.25) is 0 Å². The topological polar surface area (TPSA) is 38.5 Å². The van der Waals surface area contributed by atoms with Crippen molar-refractivity contribution in [2.24, 2.45) is 11.7 Å². The van der Waals surface area contributed by atoms with Gasteiger partial charge >= 0.3 is 0 Å². The smallest absolute Gasteiger partial charge is 0.0503 e. The summed E-state index contributed by atoms with van der Waals surface area (Å²) in [6.07, 6.45) is 1.22. The number of ether oxygens (including phenoxy) is 1. The lowest BCUT2D eigenvalue weighted by atomic mass is 9.98. The summed E-state index contributed by atoms with van der Waals surface area (Å²) >= 11 is 0. The molecule has 1 heterocycles. The Balaban J connectivity index is 2.12. The van der Waals surface area contributed by atoms with Crippen LogP contribution in [0.2, 0.25) is 0 Å². The van der Waals surface area contributed by atoms with Gasteiger partial charge in [-0.05, 0) is 43.9 Å². The van der Waals surface area contributed by atoms with E-state index in [4.69, 9.17) is 10.5 Å². The average molecular weight is 262 g/mol. The van der Waals surface area contributed by atoms with Crippen LogP contribution >= 0.6 is 0 Å². The molecule has 0 amide bonds. The van der Waals surface area contributed by atoms with Crippen LogP contribution in [0.25, 0.3) is 0 Å². The van der Waals surface area contributed by atoms with Gasteiger partial charge in [-0.2, -0.15) is 0 Å². The van der Waals surface area contributed by atoms with Crippen LogP contribution < -0.4 is 5.73 Å². The maximum atomic E-state index is 6.04. The van der Waals surface area contributed by atoms with Gasteiger partial charge in [0.05, 0.1) is 6.61 Å². The molecule has 2 rings (SSSR count). The molecule has 1 aromatic rings. The predicted molar refractivity (Wildman–Crippen MR) is 79.3 cm³/mol. The quantitative estimate of drug-likeness (QED) is 0.884. The van der Waals surface area contributed by atoms with E-state index in [1.807, 2.05) is 0 Å². The van der Waals surface area contributed by atoms with Gasteiger partial charge in [0, 0.05) is 26.2 Å². The van der Waals surface area contributed by atoms with Gasteiger partial charge in [0.1, 0.15) is 0 Å². The number of benzene rings is 1. The zero-order chi connectivity index (χ0) is 13.8. The predicted octanol–water partition coefficient (Wildman–Crippen LogP) is 2.27. The highest BCUT2D eigenvalue weighted by Gasteiger charge is 2.28. The summed E-state index contributed by atoms with van der Waals surface area (Å²) in [7, 11) is 1.78. The summed E-state index contributed by atoms with van der Waals surface area (Å²) in [5, 5.41) is 0. The summed E-state index contributed by atoms with van der Waals surface area (Å²) in [4.78, 5) is 2.52. The van der Waals surface area contributed by atoms with Gasteiger partial charge in [-0.1, -0.05) is 23.8 Å². The Morgan fingerprint density at radius 1 is 1.42 bits per heavy atom. The van der Waals surface area contributed by atoms with Crippen LogP contribution in [0.4, 0.5) is 0 Å². The van der Waals surface area contributed by atoms with Gasteiger partial charge in [-0.3, -0.25) is 4.90 Å². The number of hydrogen-bond donors (Lipinski definition) is 1. The molecule has 1 saturated heterocycles. The Hall–Kier alpha value is -0.900. The summed E-state index contributed by atoms with van der Waals surface area (Å²) in [5.74, 6) is 0.657. The third-order valence-corrected chi connectivity index (χ3v) is 4.17. The van der Waals surface area contributed by atoms with Gasteiger partial charge in [0.15, 0.2) is 0 Å². The van der Waals surface area contributed by atoms with E-state index in [-0.39, 0.29) is 0 Å². The molecule has 106 valence electrons. The standard InChI is InChI=1S/C16H26N2O/c1-12-4-5-15(13(2)8-12)16(9-17)18-7-6-14(10-18)11-19-3/h4-5,8,14,16H,6-7,9-11,17H2,1-3H3. The molecule has 0 saturated carbocycles. The van der Waals surface area contributed by atoms with Crippen molar-refractivity contribution in [3.8, 4) is 0 Å². The zero-order valence-electron chi connectivity index (χ0n) is 12.4.